The summed E-state index contributed by atoms with van der Waals surface area (Å²) in [5.74, 6) is 6.16. The topological polar surface area (TPSA) is 47.3 Å². The van der Waals surface area contributed by atoms with Crippen molar-refractivity contribution in [1.82, 2.24) is 5.43 Å². The van der Waals surface area contributed by atoms with Crippen LogP contribution in [0.2, 0.25) is 0 Å². The lowest BCUT2D eigenvalue weighted by molar-refractivity contribution is 0.413. The zero-order chi connectivity index (χ0) is 13.7. The molecule has 1 unspecified atom stereocenters. The molecule has 0 aliphatic rings. The zero-order valence-corrected chi connectivity index (χ0v) is 10.8. The quantitative estimate of drug-likeness (QED) is 0.641. The highest BCUT2D eigenvalue weighted by molar-refractivity contribution is 5.31. The third-order valence-electron chi connectivity index (χ3n) is 3.05. The van der Waals surface area contributed by atoms with E-state index < -0.39 is 0 Å². The Labute approximate surface area is 112 Å². The largest absolute Gasteiger partial charge is 0.497 e. The van der Waals surface area contributed by atoms with Gasteiger partial charge in [-0.3, -0.25) is 11.3 Å². The monoisotopic (exact) mass is 260 g/mol. The van der Waals surface area contributed by atoms with Gasteiger partial charge in [-0.05, 0) is 41.8 Å². The van der Waals surface area contributed by atoms with E-state index in [4.69, 9.17) is 10.6 Å². The van der Waals surface area contributed by atoms with Crippen LogP contribution in [-0.4, -0.2) is 7.11 Å². The van der Waals surface area contributed by atoms with Gasteiger partial charge in [-0.15, -0.1) is 0 Å². The summed E-state index contributed by atoms with van der Waals surface area (Å²) in [4.78, 5) is 0. The first kappa shape index (κ1) is 13.5. The summed E-state index contributed by atoms with van der Waals surface area (Å²) < 4.78 is 18.1. The minimum atomic E-state index is -0.234. The summed E-state index contributed by atoms with van der Waals surface area (Å²) in [5, 5.41) is 0. The molecule has 0 aromatic heterocycles. The van der Waals surface area contributed by atoms with E-state index >= 15 is 0 Å². The Balaban J connectivity index is 2.17. The molecule has 4 heteroatoms. The molecule has 3 N–H and O–H groups in total. The van der Waals surface area contributed by atoms with Gasteiger partial charge < -0.3 is 4.74 Å². The van der Waals surface area contributed by atoms with E-state index in [1.54, 1.807) is 19.2 Å². The molecule has 0 heterocycles. The van der Waals surface area contributed by atoms with E-state index in [0.717, 1.165) is 16.9 Å². The number of halogens is 1. The average molecular weight is 260 g/mol. The van der Waals surface area contributed by atoms with E-state index in [-0.39, 0.29) is 11.9 Å². The normalized spacial score (nSPS) is 12.2. The number of hydrogen-bond acceptors (Lipinski definition) is 3. The molecule has 19 heavy (non-hydrogen) atoms. The Bertz CT molecular complexity index is 528. The Hall–Kier alpha value is -1.91. The van der Waals surface area contributed by atoms with Gasteiger partial charge in [-0.2, -0.15) is 0 Å². The highest BCUT2D eigenvalue weighted by Gasteiger charge is 2.11. The summed E-state index contributed by atoms with van der Waals surface area (Å²) in [6, 6.07) is 14.1. The van der Waals surface area contributed by atoms with E-state index in [1.807, 2.05) is 24.3 Å². The molecule has 0 radical (unpaired) electrons. The fourth-order valence-corrected chi connectivity index (χ4v) is 1.99. The molecule has 0 fully saturated rings. The van der Waals surface area contributed by atoms with E-state index in [2.05, 4.69) is 5.43 Å². The molecule has 2 rings (SSSR count). The summed E-state index contributed by atoms with van der Waals surface area (Å²) in [7, 11) is 1.63. The summed E-state index contributed by atoms with van der Waals surface area (Å²) in [6.45, 7) is 0. The van der Waals surface area contributed by atoms with Gasteiger partial charge in [0.25, 0.3) is 0 Å². The van der Waals surface area contributed by atoms with Crippen molar-refractivity contribution in [3.63, 3.8) is 0 Å². The molecule has 0 spiro atoms. The second-order valence-electron chi connectivity index (χ2n) is 4.33. The van der Waals surface area contributed by atoms with Crippen LogP contribution in [0.1, 0.15) is 17.2 Å². The second kappa shape index (κ2) is 6.31. The van der Waals surface area contributed by atoms with Crippen LogP contribution in [0.25, 0.3) is 0 Å². The molecule has 0 amide bonds. The Morgan fingerprint density at radius 3 is 2.58 bits per heavy atom. The first-order chi connectivity index (χ1) is 9.22. The summed E-state index contributed by atoms with van der Waals surface area (Å²) in [5.41, 5.74) is 4.84. The van der Waals surface area contributed by atoms with Crippen LogP contribution >= 0.6 is 0 Å². The van der Waals surface area contributed by atoms with E-state index in [0.29, 0.717) is 6.42 Å². The van der Waals surface area contributed by atoms with Gasteiger partial charge in [-0.25, -0.2) is 4.39 Å². The fraction of sp³-hybridized carbons (Fsp3) is 0.200. The third kappa shape index (κ3) is 3.53. The molecular formula is C15H17FN2O. The van der Waals surface area contributed by atoms with E-state index in [1.165, 1.54) is 12.1 Å². The van der Waals surface area contributed by atoms with Gasteiger partial charge in [0, 0.05) is 0 Å². The van der Waals surface area contributed by atoms with Crippen molar-refractivity contribution in [2.24, 2.45) is 5.84 Å². The summed E-state index contributed by atoms with van der Waals surface area (Å²) in [6.07, 6.45) is 0.684. The average Bonchev–Trinajstić information content (AvgIpc) is 2.46. The first-order valence-corrected chi connectivity index (χ1v) is 6.07. The summed E-state index contributed by atoms with van der Waals surface area (Å²) >= 11 is 0. The second-order valence-corrected chi connectivity index (χ2v) is 4.33. The molecule has 0 aliphatic carbocycles. The van der Waals surface area contributed by atoms with Gasteiger partial charge in [0.05, 0.1) is 13.2 Å². The molecule has 0 bridgehead atoms. The Morgan fingerprint density at radius 2 is 1.95 bits per heavy atom. The molecule has 2 aromatic rings. The predicted octanol–water partition coefficient (Wildman–Crippen LogP) is 2.58. The number of nitrogens with two attached hydrogens (primary N) is 1. The van der Waals surface area contributed by atoms with Crippen LogP contribution < -0.4 is 16.0 Å². The third-order valence-corrected chi connectivity index (χ3v) is 3.05. The number of hydrogen-bond donors (Lipinski definition) is 2. The smallest absolute Gasteiger partial charge is 0.123 e. The molecule has 0 aliphatic heterocycles. The lowest BCUT2D eigenvalue weighted by atomic mass is 9.99. The van der Waals surface area contributed by atoms with Crippen molar-refractivity contribution in [3.05, 3.63) is 65.5 Å². The Kier molecular flexibility index (Phi) is 4.49. The standard InChI is InChI=1S/C15H17FN2O/c1-19-14-4-2-3-12(10-14)15(18-17)9-11-5-7-13(16)8-6-11/h2-8,10,15,18H,9,17H2,1H3. The molecule has 3 nitrogen and oxygen atoms in total. The minimum Gasteiger partial charge on any atom is -0.497 e. The van der Waals surface area contributed by atoms with Crippen molar-refractivity contribution >= 4 is 0 Å². The number of benzene rings is 2. The highest BCUT2D eigenvalue weighted by atomic mass is 19.1. The number of rotatable bonds is 5. The van der Waals surface area contributed by atoms with Crippen LogP contribution in [0.15, 0.2) is 48.5 Å². The van der Waals surface area contributed by atoms with Crippen molar-refractivity contribution in [2.45, 2.75) is 12.5 Å². The van der Waals surface area contributed by atoms with Crippen molar-refractivity contribution in [1.29, 1.82) is 0 Å². The SMILES string of the molecule is COc1cccc(C(Cc2ccc(F)cc2)NN)c1. The van der Waals surface area contributed by atoms with Crippen LogP contribution in [0.3, 0.4) is 0 Å². The maximum atomic E-state index is 12.9. The van der Waals surface area contributed by atoms with Crippen molar-refractivity contribution in [3.8, 4) is 5.75 Å². The molecule has 100 valence electrons. The van der Waals surface area contributed by atoms with Gasteiger partial charge in [-0.1, -0.05) is 24.3 Å². The number of hydrazine groups is 1. The van der Waals surface area contributed by atoms with Crippen molar-refractivity contribution < 1.29 is 9.13 Å². The Morgan fingerprint density at radius 1 is 1.21 bits per heavy atom. The van der Waals surface area contributed by atoms with E-state index in [9.17, 15) is 4.39 Å². The zero-order valence-electron chi connectivity index (χ0n) is 10.8. The molecule has 0 saturated heterocycles. The van der Waals surface area contributed by atoms with Crippen LogP contribution in [0.5, 0.6) is 5.75 Å². The highest BCUT2D eigenvalue weighted by Crippen LogP contribution is 2.22. The first-order valence-electron chi connectivity index (χ1n) is 6.07. The maximum Gasteiger partial charge on any atom is 0.123 e. The molecular weight excluding hydrogens is 243 g/mol. The number of methoxy groups -OCH3 is 1. The number of nitrogens with one attached hydrogen (secondary N) is 1. The molecule has 2 aromatic carbocycles. The lowest BCUT2D eigenvalue weighted by Crippen LogP contribution is -2.29. The van der Waals surface area contributed by atoms with Crippen molar-refractivity contribution in [2.75, 3.05) is 7.11 Å². The number of ether oxygens (including phenoxy) is 1. The van der Waals surface area contributed by atoms with Crippen LogP contribution in [-0.2, 0) is 6.42 Å². The van der Waals surface area contributed by atoms with Crippen LogP contribution in [0, 0.1) is 5.82 Å². The minimum absolute atomic E-state index is 0.0411. The van der Waals surface area contributed by atoms with Crippen LogP contribution in [0.4, 0.5) is 4.39 Å². The van der Waals surface area contributed by atoms with Gasteiger partial charge in [0.1, 0.15) is 11.6 Å². The predicted molar refractivity (Wildman–Crippen MR) is 73.2 cm³/mol. The van der Waals surface area contributed by atoms with Gasteiger partial charge in [0.15, 0.2) is 0 Å². The van der Waals surface area contributed by atoms with Gasteiger partial charge in [0.2, 0.25) is 0 Å². The van der Waals surface area contributed by atoms with Gasteiger partial charge >= 0.3 is 0 Å². The fourth-order valence-electron chi connectivity index (χ4n) is 1.99. The molecule has 0 saturated carbocycles. The maximum absolute atomic E-state index is 12.9. The molecule has 1 atom stereocenters. The lowest BCUT2D eigenvalue weighted by Gasteiger charge is -2.17.